The SMILES string of the molecule is Cn1nc(C(F)(F)F)c2c1S(=O)(=O)CCN(C(=O)OC(C)(C)C)C2. The molecule has 0 radical (unpaired) electrons. The minimum Gasteiger partial charge on any atom is -0.444 e. The number of nitrogens with zero attached hydrogens (tertiary/aromatic N) is 3. The molecule has 136 valence electrons. The maximum atomic E-state index is 13.2. The number of carbonyl (C=O) groups is 1. The molecule has 0 aliphatic carbocycles. The van der Waals surface area contributed by atoms with Crippen LogP contribution in [0.1, 0.15) is 32.0 Å². The van der Waals surface area contributed by atoms with Gasteiger partial charge in [-0.25, -0.2) is 13.2 Å². The highest BCUT2D eigenvalue weighted by Crippen LogP contribution is 2.36. The molecule has 0 N–H and O–H groups in total. The van der Waals surface area contributed by atoms with Crippen LogP contribution in [0, 0.1) is 0 Å². The number of sulfone groups is 1. The Labute approximate surface area is 137 Å². The zero-order chi connectivity index (χ0) is 18.5. The molecule has 24 heavy (non-hydrogen) atoms. The predicted molar refractivity (Wildman–Crippen MR) is 76.9 cm³/mol. The van der Waals surface area contributed by atoms with Crippen molar-refractivity contribution in [2.24, 2.45) is 7.05 Å². The van der Waals surface area contributed by atoms with Gasteiger partial charge in [0.1, 0.15) is 5.60 Å². The first-order valence-corrected chi connectivity index (χ1v) is 8.71. The van der Waals surface area contributed by atoms with E-state index < -0.39 is 56.3 Å². The standard InChI is InChI=1S/C13H18F3N3O4S/c1-12(2,3)23-11(20)19-5-6-24(21,22)10-8(7-19)9(13(14,15)16)17-18(10)4/h5-7H2,1-4H3. The van der Waals surface area contributed by atoms with Crippen molar-refractivity contribution in [3.63, 3.8) is 0 Å². The molecule has 0 saturated heterocycles. The van der Waals surface area contributed by atoms with Crippen LogP contribution in [-0.4, -0.2) is 47.1 Å². The van der Waals surface area contributed by atoms with E-state index in [1.165, 1.54) is 0 Å². The van der Waals surface area contributed by atoms with Gasteiger partial charge in [0.2, 0.25) is 0 Å². The first kappa shape index (κ1) is 18.6. The number of rotatable bonds is 0. The average Bonchev–Trinajstić information content (AvgIpc) is 2.61. The Hall–Kier alpha value is -1.78. The van der Waals surface area contributed by atoms with E-state index in [0.717, 1.165) is 11.9 Å². The average molecular weight is 369 g/mol. The number of aromatic nitrogens is 2. The van der Waals surface area contributed by atoms with Crippen molar-refractivity contribution in [2.75, 3.05) is 12.3 Å². The quantitative estimate of drug-likeness (QED) is 0.698. The zero-order valence-electron chi connectivity index (χ0n) is 13.6. The first-order chi connectivity index (χ1) is 10.7. The molecule has 0 fully saturated rings. The van der Waals surface area contributed by atoms with Gasteiger partial charge in [0.25, 0.3) is 0 Å². The molecular formula is C13H18F3N3O4S. The van der Waals surface area contributed by atoms with Crippen molar-refractivity contribution < 1.29 is 31.1 Å². The van der Waals surface area contributed by atoms with E-state index in [-0.39, 0.29) is 6.54 Å². The van der Waals surface area contributed by atoms with Gasteiger partial charge < -0.3 is 9.64 Å². The van der Waals surface area contributed by atoms with Crippen LogP contribution >= 0.6 is 0 Å². The number of alkyl halides is 3. The number of carbonyl (C=O) groups excluding carboxylic acids is 1. The van der Waals surface area contributed by atoms with Crippen LogP contribution in [0.2, 0.25) is 0 Å². The lowest BCUT2D eigenvalue weighted by atomic mass is 10.2. The monoisotopic (exact) mass is 369 g/mol. The summed E-state index contributed by atoms with van der Waals surface area (Å²) in [6, 6.07) is 0. The number of fused-ring (bicyclic) bond motifs is 1. The highest BCUT2D eigenvalue weighted by atomic mass is 32.2. The van der Waals surface area contributed by atoms with Crippen molar-refractivity contribution in [2.45, 2.75) is 44.1 Å². The Bertz CT molecular complexity index is 763. The first-order valence-electron chi connectivity index (χ1n) is 7.06. The van der Waals surface area contributed by atoms with Gasteiger partial charge in [-0.3, -0.25) is 4.68 Å². The molecule has 0 atom stereocenters. The largest absolute Gasteiger partial charge is 0.444 e. The Morgan fingerprint density at radius 1 is 1.25 bits per heavy atom. The topological polar surface area (TPSA) is 81.5 Å². The summed E-state index contributed by atoms with van der Waals surface area (Å²) in [7, 11) is -2.87. The number of halogens is 3. The van der Waals surface area contributed by atoms with Crippen LogP contribution in [0.4, 0.5) is 18.0 Å². The van der Waals surface area contributed by atoms with E-state index >= 15 is 0 Å². The van der Waals surface area contributed by atoms with Crippen molar-refractivity contribution >= 4 is 15.9 Å². The van der Waals surface area contributed by atoms with E-state index in [4.69, 9.17) is 4.74 Å². The molecule has 0 saturated carbocycles. The van der Waals surface area contributed by atoms with Crippen molar-refractivity contribution in [1.82, 2.24) is 14.7 Å². The van der Waals surface area contributed by atoms with Crippen LogP contribution in [0.15, 0.2) is 5.03 Å². The second-order valence-electron chi connectivity index (χ2n) is 6.47. The molecule has 0 unspecified atom stereocenters. The van der Waals surface area contributed by atoms with Gasteiger partial charge >= 0.3 is 12.3 Å². The van der Waals surface area contributed by atoms with E-state index in [9.17, 15) is 26.4 Å². The Morgan fingerprint density at radius 2 is 1.83 bits per heavy atom. The molecule has 2 rings (SSSR count). The van der Waals surface area contributed by atoms with E-state index in [2.05, 4.69) is 5.10 Å². The lowest BCUT2D eigenvalue weighted by molar-refractivity contribution is -0.142. The summed E-state index contributed by atoms with van der Waals surface area (Å²) in [5.41, 5.74) is -2.69. The molecule has 0 aromatic carbocycles. The van der Waals surface area contributed by atoms with Gasteiger partial charge in [-0.15, -0.1) is 0 Å². The van der Waals surface area contributed by atoms with Crippen LogP contribution < -0.4 is 0 Å². The summed E-state index contributed by atoms with van der Waals surface area (Å²) >= 11 is 0. The molecule has 7 nitrogen and oxygen atoms in total. The molecule has 1 aromatic rings. The van der Waals surface area contributed by atoms with Crippen molar-refractivity contribution in [1.29, 1.82) is 0 Å². The zero-order valence-corrected chi connectivity index (χ0v) is 14.5. The summed E-state index contributed by atoms with van der Waals surface area (Å²) in [5.74, 6) is -0.504. The molecule has 11 heteroatoms. The van der Waals surface area contributed by atoms with E-state index in [1.54, 1.807) is 20.8 Å². The van der Waals surface area contributed by atoms with Gasteiger partial charge in [-0.05, 0) is 20.8 Å². The Morgan fingerprint density at radius 3 is 2.33 bits per heavy atom. The lowest BCUT2D eigenvalue weighted by Crippen LogP contribution is -2.38. The highest BCUT2D eigenvalue weighted by molar-refractivity contribution is 7.91. The molecule has 1 aromatic heterocycles. The van der Waals surface area contributed by atoms with Crippen LogP contribution in [-0.2, 0) is 34.3 Å². The maximum Gasteiger partial charge on any atom is 0.435 e. The van der Waals surface area contributed by atoms with Crippen molar-refractivity contribution in [3.05, 3.63) is 11.3 Å². The molecule has 1 aliphatic rings. The fourth-order valence-electron chi connectivity index (χ4n) is 2.39. The summed E-state index contributed by atoms with van der Waals surface area (Å²) in [6.07, 6.45) is -5.70. The predicted octanol–water partition coefficient (Wildman–Crippen LogP) is 1.96. The van der Waals surface area contributed by atoms with E-state index in [0.29, 0.717) is 4.68 Å². The van der Waals surface area contributed by atoms with Crippen molar-refractivity contribution in [3.8, 4) is 0 Å². The van der Waals surface area contributed by atoms with Crippen LogP contribution in [0.3, 0.4) is 0 Å². The normalized spacial score (nSPS) is 18.0. The number of aryl methyl sites for hydroxylation is 1. The minimum absolute atomic E-state index is 0.261. The maximum absolute atomic E-state index is 13.2. The number of ether oxygens (including phenoxy) is 1. The number of hydrogen-bond acceptors (Lipinski definition) is 5. The second kappa shape index (κ2) is 5.64. The van der Waals surface area contributed by atoms with Gasteiger partial charge in [-0.2, -0.15) is 18.3 Å². The fraction of sp³-hybridized carbons (Fsp3) is 0.692. The second-order valence-corrected chi connectivity index (χ2v) is 8.50. The summed E-state index contributed by atoms with van der Waals surface area (Å²) in [4.78, 5) is 13.1. The van der Waals surface area contributed by atoms with Crippen LogP contribution in [0.25, 0.3) is 0 Å². The lowest BCUT2D eigenvalue weighted by Gasteiger charge is -2.26. The summed E-state index contributed by atoms with van der Waals surface area (Å²) in [6.45, 7) is 4.03. The van der Waals surface area contributed by atoms with Gasteiger partial charge in [0, 0.05) is 19.2 Å². The van der Waals surface area contributed by atoms with Crippen LogP contribution in [0.5, 0.6) is 0 Å². The molecule has 0 bridgehead atoms. The fourth-order valence-corrected chi connectivity index (χ4v) is 4.03. The minimum atomic E-state index is -4.83. The molecule has 0 spiro atoms. The molecule has 1 amide bonds. The van der Waals surface area contributed by atoms with Gasteiger partial charge in [0.05, 0.1) is 12.3 Å². The molecule has 1 aliphatic heterocycles. The van der Waals surface area contributed by atoms with Gasteiger partial charge in [0.15, 0.2) is 20.6 Å². The smallest absolute Gasteiger partial charge is 0.435 e. The number of amides is 1. The number of hydrogen-bond donors (Lipinski definition) is 0. The highest BCUT2D eigenvalue weighted by Gasteiger charge is 2.43. The Kier molecular flexibility index (Phi) is 4.36. The van der Waals surface area contributed by atoms with E-state index in [1.807, 2.05) is 0 Å². The summed E-state index contributed by atoms with van der Waals surface area (Å²) < 4.78 is 69.9. The third kappa shape index (κ3) is 3.65. The Balaban J connectivity index is 2.51. The molecule has 2 heterocycles. The van der Waals surface area contributed by atoms with Gasteiger partial charge in [-0.1, -0.05) is 0 Å². The third-order valence-corrected chi connectivity index (χ3v) is 5.10. The molecular weight excluding hydrogens is 351 g/mol. The summed E-state index contributed by atoms with van der Waals surface area (Å²) in [5, 5.41) is 2.79. The third-order valence-electron chi connectivity index (χ3n) is 3.28.